The summed E-state index contributed by atoms with van der Waals surface area (Å²) < 4.78 is 1.86. The van der Waals surface area contributed by atoms with Gasteiger partial charge in [0, 0.05) is 31.1 Å². The lowest BCUT2D eigenvalue weighted by molar-refractivity contribution is 0.436. The van der Waals surface area contributed by atoms with Crippen LogP contribution < -0.4 is 4.90 Å². The summed E-state index contributed by atoms with van der Waals surface area (Å²) in [5.41, 5.74) is 3.08. The van der Waals surface area contributed by atoms with Gasteiger partial charge in [-0.15, -0.1) is 24.0 Å². The van der Waals surface area contributed by atoms with Crippen LogP contribution in [0, 0.1) is 12.8 Å². The van der Waals surface area contributed by atoms with Crippen LogP contribution in [0.15, 0.2) is 6.07 Å². The Hall–Kier alpha value is -1.00. The SMILES string of the molecule is Cc1nn(C)c2nc(N3CCC(C)CC3)c(CCl)cc12.Cl. The Balaban J connectivity index is 0.00000161. The molecule has 6 heteroatoms. The van der Waals surface area contributed by atoms with Crippen LogP contribution >= 0.6 is 24.0 Å². The van der Waals surface area contributed by atoms with Crippen LogP contribution in [0.5, 0.6) is 0 Å². The lowest BCUT2D eigenvalue weighted by Crippen LogP contribution is -2.34. The molecule has 3 rings (SSSR count). The summed E-state index contributed by atoms with van der Waals surface area (Å²) in [4.78, 5) is 7.23. The zero-order chi connectivity index (χ0) is 14.3. The third-order valence-corrected chi connectivity index (χ3v) is 4.57. The summed E-state index contributed by atoms with van der Waals surface area (Å²) in [6, 6.07) is 2.16. The van der Waals surface area contributed by atoms with E-state index < -0.39 is 0 Å². The number of halogens is 2. The molecule has 1 fully saturated rings. The fraction of sp³-hybridized carbons (Fsp3) is 0.600. The molecule has 2 aromatic heterocycles. The normalized spacial score (nSPS) is 16.3. The Morgan fingerprint density at radius 3 is 2.62 bits per heavy atom. The molecule has 4 nitrogen and oxygen atoms in total. The summed E-state index contributed by atoms with van der Waals surface area (Å²) in [5, 5.41) is 5.57. The van der Waals surface area contributed by atoms with E-state index in [4.69, 9.17) is 16.6 Å². The first-order chi connectivity index (χ1) is 9.60. The van der Waals surface area contributed by atoms with E-state index in [1.54, 1.807) is 0 Å². The maximum absolute atomic E-state index is 6.15. The highest BCUT2D eigenvalue weighted by atomic mass is 35.5. The first-order valence-electron chi connectivity index (χ1n) is 7.24. The molecule has 3 heterocycles. The van der Waals surface area contributed by atoms with E-state index in [0.29, 0.717) is 5.88 Å². The molecule has 2 aromatic rings. The Morgan fingerprint density at radius 2 is 2.00 bits per heavy atom. The predicted molar refractivity (Wildman–Crippen MR) is 90.7 cm³/mol. The number of nitrogens with zero attached hydrogens (tertiary/aromatic N) is 4. The number of aromatic nitrogens is 3. The van der Waals surface area contributed by atoms with Crippen LogP contribution in [-0.4, -0.2) is 27.9 Å². The molecular formula is C15H22Cl2N4. The van der Waals surface area contributed by atoms with Crippen molar-refractivity contribution in [3.63, 3.8) is 0 Å². The van der Waals surface area contributed by atoms with Gasteiger partial charge in [-0.05, 0) is 31.7 Å². The van der Waals surface area contributed by atoms with Crippen molar-refractivity contribution in [3.05, 3.63) is 17.3 Å². The van der Waals surface area contributed by atoms with E-state index >= 15 is 0 Å². The van der Waals surface area contributed by atoms with Crippen molar-refractivity contribution < 1.29 is 0 Å². The van der Waals surface area contributed by atoms with Crippen molar-refractivity contribution in [2.24, 2.45) is 13.0 Å². The summed E-state index contributed by atoms with van der Waals surface area (Å²) in [5.74, 6) is 2.36. The fourth-order valence-electron chi connectivity index (χ4n) is 2.97. The van der Waals surface area contributed by atoms with E-state index in [9.17, 15) is 0 Å². The number of piperidine rings is 1. The van der Waals surface area contributed by atoms with Crippen LogP contribution in [0.3, 0.4) is 0 Å². The predicted octanol–water partition coefficient (Wildman–Crippen LogP) is 3.67. The minimum atomic E-state index is 0. The summed E-state index contributed by atoms with van der Waals surface area (Å²) >= 11 is 6.15. The highest BCUT2D eigenvalue weighted by Gasteiger charge is 2.21. The molecule has 0 N–H and O–H groups in total. The van der Waals surface area contributed by atoms with Crippen molar-refractivity contribution >= 4 is 40.9 Å². The summed E-state index contributed by atoms with van der Waals surface area (Å²) in [7, 11) is 1.95. The number of alkyl halides is 1. The van der Waals surface area contributed by atoms with Crippen molar-refractivity contribution in [3.8, 4) is 0 Å². The highest BCUT2D eigenvalue weighted by molar-refractivity contribution is 6.17. The quantitative estimate of drug-likeness (QED) is 0.788. The molecule has 0 bridgehead atoms. The average Bonchev–Trinajstić information content (AvgIpc) is 2.73. The van der Waals surface area contributed by atoms with E-state index in [2.05, 4.69) is 23.0 Å². The van der Waals surface area contributed by atoms with Gasteiger partial charge in [0.25, 0.3) is 0 Å². The van der Waals surface area contributed by atoms with Crippen LogP contribution in [0.4, 0.5) is 5.82 Å². The number of hydrogen-bond donors (Lipinski definition) is 0. The molecular weight excluding hydrogens is 307 g/mol. The minimum absolute atomic E-state index is 0. The van der Waals surface area contributed by atoms with Crippen molar-refractivity contribution in [1.82, 2.24) is 14.8 Å². The molecule has 0 aliphatic carbocycles. The number of rotatable bonds is 2. The van der Waals surface area contributed by atoms with E-state index in [0.717, 1.165) is 47.1 Å². The van der Waals surface area contributed by atoms with Gasteiger partial charge in [0.05, 0.1) is 11.6 Å². The molecule has 1 aliphatic rings. The van der Waals surface area contributed by atoms with Gasteiger partial charge in [-0.1, -0.05) is 6.92 Å². The lowest BCUT2D eigenvalue weighted by Gasteiger charge is -2.32. The Morgan fingerprint density at radius 1 is 1.33 bits per heavy atom. The third kappa shape index (κ3) is 2.97. The number of pyridine rings is 1. The monoisotopic (exact) mass is 328 g/mol. The van der Waals surface area contributed by atoms with Crippen LogP contribution in [0.1, 0.15) is 31.0 Å². The Bertz CT molecular complexity index is 630. The van der Waals surface area contributed by atoms with Crippen LogP contribution in [0.25, 0.3) is 11.0 Å². The molecule has 0 unspecified atom stereocenters. The first kappa shape index (κ1) is 16.4. The molecule has 1 saturated heterocycles. The number of anilines is 1. The second kappa shape index (κ2) is 6.41. The average molecular weight is 329 g/mol. The van der Waals surface area contributed by atoms with Gasteiger partial charge in [0.1, 0.15) is 5.82 Å². The lowest BCUT2D eigenvalue weighted by atomic mass is 9.99. The molecule has 1 aliphatic heterocycles. The standard InChI is InChI=1S/C15H21ClN4.ClH/c1-10-4-6-20(7-5-10)14-12(9-16)8-13-11(2)18-19(3)15(13)17-14;/h8,10H,4-7,9H2,1-3H3;1H. The number of hydrogen-bond acceptors (Lipinski definition) is 3. The molecule has 21 heavy (non-hydrogen) atoms. The smallest absolute Gasteiger partial charge is 0.160 e. The molecule has 0 spiro atoms. The van der Waals surface area contributed by atoms with E-state index in [1.807, 2.05) is 18.7 Å². The largest absolute Gasteiger partial charge is 0.356 e. The molecule has 116 valence electrons. The number of aryl methyl sites for hydroxylation is 2. The molecule has 0 amide bonds. The van der Waals surface area contributed by atoms with Crippen molar-refractivity contribution in [2.45, 2.75) is 32.6 Å². The van der Waals surface area contributed by atoms with Gasteiger partial charge in [0.2, 0.25) is 0 Å². The van der Waals surface area contributed by atoms with Crippen molar-refractivity contribution in [2.75, 3.05) is 18.0 Å². The van der Waals surface area contributed by atoms with Gasteiger partial charge < -0.3 is 4.90 Å². The van der Waals surface area contributed by atoms with Gasteiger partial charge >= 0.3 is 0 Å². The topological polar surface area (TPSA) is 34.0 Å². The number of fused-ring (bicyclic) bond motifs is 1. The summed E-state index contributed by atoms with van der Waals surface area (Å²) in [6.07, 6.45) is 2.46. The van der Waals surface area contributed by atoms with E-state index in [-0.39, 0.29) is 12.4 Å². The van der Waals surface area contributed by atoms with Gasteiger partial charge in [0.15, 0.2) is 5.65 Å². The minimum Gasteiger partial charge on any atom is -0.356 e. The van der Waals surface area contributed by atoms with Crippen LogP contribution in [-0.2, 0) is 12.9 Å². The molecule has 0 atom stereocenters. The zero-order valence-electron chi connectivity index (χ0n) is 12.8. The zero-order valence-corrected chi connectivity index (χ0v) is 14.3. The van der Waals surface area contributed by atoms with E-state index in [1.165, 1.54) is 12.8 Å². The second-order valence-electron chi connectivity index (χ2n) is 5.85. The molecule has 0 radical (unpaired) electrons. The summed E-state index contributed by atoms with van der Waals surface area (Å²) in [6.45, 7) is 6.48. The van der Waals surface area contributed by atoms with Gasteiger partial charge in [-0.2, -0.15) is 5.10 Å². The Labute approximate surface area is 136 Å². The maximum atomic E-state index is 6.15. The molecule has 0 aromatic carbocycles. The van der Waals surface area contributed by atoms with Crippen LogP contribution in [0.2, 0.25) is 0 Å². The first-order valence-corrected chi connectivity index (χ1v) is 7.77. The highest BCUT2D eigenvalue weighted by Crippen LogP contribution is 2.29. The van der Waals surface area contributed by atoms with Crippen molar-refractivity contribution in [1.29, 1.82) is 0 Å². The maximum Gasteiger partial charge on any atom is 0.160 e. The Kier molecular flexibility index (Phi) is 4.99. The van der Waals surface area contributed by atoms with Gasteiger partial charge in [-0.3, -0.25) is 4.68 Å². The molecule has 0 saturated carbocycles. The fourth-order valence-corrected chi connectivity index (χ4v) is 3.16. The third-order valence-electron chi connectivity index (χ3n) is 4.28. The van der Waals surface area contributed by atoms with Gasteiger partial charge in [-0.25, -0.2) is 4.98 Å². The second-order valence-corrected chi connectivity index (χ2v) is 6.12.